The van der Waals surface area contributed by atoms with Crippen LogP contribution in [0.2, 0.25) is 4.34 Å². The molecule has 0 fully saturated rings. The molecule has 0 saturated heterocycles. The fourth-order valence-electron chi connectivity index (χ4n) is 1.76. The zero-order valence-corrected chi connectivity index (χ0v) is 12.7. The van der Waals surface area contributed by atoms with Gasteiger partial charge in [-0.25, -0.2) is 9.78 Å². The number of hydrogen-bond donors (Lipinski definition) is 2. The maximum absolute atomic E-state index is 11.7. The van der Waals surface area contributed by atoms with Crippen molar-refractivity contribution in [2.24, 2.45) is 0 Å². The Morgan fingerprint density at radius 1 is 1.55 bits per heavy atom. The SMILES string of the molecule is CC(NC(=O)NCCCn1ccnc1)c1ccc(Cl)s1. The normalized spacial score (nSPS) is 12.1. The van der Waals surface area contributed by atoms with Gasteiger partial charge in [-0.3, -0.25) is 0 Å². The molecule has 0 spiro atoms. The third-order valence-corrected chi connectivity index (χ3v) is 4.22. The number of nitrogens with zero attached hydrogens (tertiary/aromatic N) is 2. The van der Waals surface area contributed by atoms with Crippen molar-refractivity contribution >= 4 is 29.0 Å². The topological polar surface area (TPSA) is 59.0 Å². The number of rotatable bonds is 6. The van der Waals surface area contributed by atoms with E-state index in [1.54, 1.807) is 12.5 Å². The van der Waals surface area contributed by atoms with Gasteiger partial charge in [0.15, 0.2) is 0 Å². The van der Waals surface area contributed by atoms with Crippen molar-refractivity contribution in [3.63, 3.8) is 0 Å². The smallest absolute Gasteiger partial charge is 0.315 e. The maximum Gasteiger partial charge on any atom is 0.315 e. The van der Waals surface area contributed by atoms with Crippen LogP contribution in [0.1, 0.15) is 24.3 Å². The van der Waals surface area contributed by atoms with Crippen LogP contribution in [-0.2, 0) is 6.54 Å². The summed E-state index contributed by atoms with van der Waals surface area (Å²) in [5.74, 6) is 0. The predicted molar refractivity (Wildman–Crippen MR) is 81.1 cm³/mol. The molecule has 0 aliphatic heterocycles. The molecule has 0 aromatic carbocycles. The first-order valence-corrected chi connectivity index (χ1v) is 7.60. The number of hydrogen-bond acceptors (Lipinski definition) is 3. The van der Waals surface area contributed by atoms with Gasteiger partial charge in [-0.1, -0.05) is 11.6 Å². The molecule has 5 nitrogen and oxygen atoms in total. The second-order valence-corrected chi connectivity index (χ2v) is 6.16. The molecule has 7 heteroatoms. The van der Waals surface area contributed by atoms with Crippen molar-refractivity contribution in [2.45, 2.75) is 25.9 Å². The predicted octanol–water partition coefficient (Wildman–Crippen LogP) is 3.05. The Bertz CT molecular complexity index is 540. The third-order valence-electron chi connectivity index (χ3n) is 2.81. The highest BCUT2D eigenvalue weighted by Crippen LogP contribution is 2.26. The van der Waals surface area contributed by atoms with E-state index in [4.69, 9.17) is 11.6 Å². The van der Waals surface area contributed by atoms with Crippen LogP contribution in [0, 0.1) is 0 Å². The van der Waals surface area contributed by atoms with Crippen molar-refractivity contribution in [1.29, 1.82) is 0 Å². The van der Waals surface area contributed by atoms with E-state index in [0.29, 0.717) is 6.54 Å². The Kier molecular flexibility index (Phi) is 5.43. The van der Waals surface area contributed by atoms with Crippen LogP contribution in [0.25, 0.3) is 0 Å². The molecule has 0 bridgehead atoms. The number of urea groups is 1. The molecule has 2 aromatic heterocycles. The molecule has 2 amide bonds. The largest absolute Gasteiger partial charge is 0.338 e. The number of imidazole rings is 1. The van der Waals surface area contributed by atoms with E-state index < -0.39 is 0 Å². The summed E-state index contributed by atoms with van der Waals surface area (Å²) in [5, 5.41) is 5.73. The lowest BCUT2D eigenvalue weighted by molar-refractivity contribution is 0.238. The molecule has 1 unspecified atom stereocenters. The second kappa shape index (κ2) is 7.31. The van der Waals surface area contributed by atoms with Crippen LogP contribution in [0.3, 0.4) is 0 Å². The zero-order chi connectivity index (χ0) is 14.4. The van der Waals surface area contributed by atoms with Crippen molar-refractivity contribution in [2.75, 3.05) is 6.54 Å². The third kappa shape index (κ3) is 4.54. The number of thiophene rings is 1. The van der Waals surface area contributed by atoms with E-state index in [0.717, 1.165) is 22.2 Å². The first-order chi connectivity index (χ1) is 9.65. The van der Waals surface area contributed by atoms with E-state index in [2.05, 4.69) is 15.6 Å². The fourth-order valence-corrected chi connectivity index (χ4v) is 2.83. The quantitative estimate of drug-likeness (QED) is 0.805. The minimum absolute atomic E-state index is 0.0406. The maximum atomic E-state index is 11.7. The van der Waals surface area contributed by atoms with Gasteiger partial charge in [0.25, 0.3) is 0 Å². The minimum Gasteiger partial charge on any atom is -0.338 e. The molecule has 108 valence electrons. The van der Waals surface area contributed by atoms with Crippen LogP contribution in [0.4, 0.5) is 4.79 Å². The van der Waals surface area contributed by atoms with Crippen LogP contribution >= 0.6 is 22.9 Å². The number of amides is 2. The lowest BCUT2D eigenvalue weighted by Crippen LogP contribution is -2.37. The number of halogens is 1. The molecule has 2 aromatic rings. The Hall–Kier alpha value is -1.53. The number of carbonyl (C=O) groups excluding carboxylic acids is 1. The van der Waals surface area contributed by atoms with Gasteiger partial charge < -0.3 is 15.2 Å². The lowest BCUT2D eigenvalue weighted by Gasteiger charge is -2.13. The van der Waals surface area contributed by atoms with E-state index in [1.165, 1.54) is 11.3 Å². The highest BCUT2D eigenvalue weighted by Gasteiger charge is 2.10. The van der Waals surface area contributed by atoms with Crippen LogP contribution in [0.15, 0.2) is 30.9 Å². The first kappa shape index (κ1) is 14.9. The zero-order valence-electron chi connectivity index (χ0n) is 11.2. The molecule has 0 saturated carbocycles. The fraction of sp³-hybridized carbons (Fsp3) is 0.385. The average Bonchev–Trinajstić information content (AvgIpc) is 3.06. The summed E-state index contributed by atoms with van der Waals surface area (Å²) in [5.41, 5.74) is 0. The van der Waals surface area contributed by atoms with Crippen molar-refractivity contribution in [1.82, 2.24) is 20.2 Å². The van der Waals surface area contributed by atoms with Gasteiger partial charge in [0, 0.05) is 30.4 Å². The molecule has 20 heavy (non-hydrogen) atoms. The molecular weight excluding hydrogens is 296 g/mol. The van der Waals surface area contributed by atoms with Gasteiger partial charge in [-0.15, -0.1) is 11.3 Å². The Balaban J connectivity index is 1.65. The molecule has 2 heterocycles. The van der Waals surface area contributed by atoms with Crippen LogP contribution < -0.4 is 10.6 Å². The van der Waals surface area contributed by atoms with Gasteiger partial charge in [0.1, 0.15) is 0 Å². The highest BCUT2D eigenvalue weighted by molar-refractivity contribution is 7.16. The van der Waals surface area contributed by atoms with Gasteiger partial charge in [-0.2, -0.15) is 0 Å². The van der Waals surface area contributed by atoms with Gasteiger partial charge in [0.05, 0.1) is 16.7 Å². The molecule has 2 rings (SSSR count). The number of nitrogens with one attached hydrogen (secondary N) is 2. The standard InChI is InChI=1S/C13H17ClN4OS/c1-10(11-3-4-12(14)20-11)17-13(19)16-5-2-7-18-8-6-15-9-18/h3-4,6,8-10H,2,5,7H2,1H3,(H2,16,17,19). The number of aryl methyl sites for hydroxylation is 1. The van der Waals surface area contributed by atoms with E-state index in [9.17, 15) is 4.79 Å². The van der Waals surface area contributed by atoms with Crippen LogP contribution in [-0.4, -0.2) is 22.1 Å². The Morgan fingerprint density at radius 2 is 2.40 bits per heavy atom. The van der Waals surface area contributed by atoms with E-state index >= 15 is 0 Å². The van der Waals surface area contributed by atoms with Crippen LogP contribution in [0.5, 0.6) is 0 Å². The Morgan fingerprint density at radius 3 is 3.05 bits per heavy atom. The summed E-state index contributed by atoms with van der Waals surface area (Å²) >= 11 is 7.35. The second-order valence-electron chi connectivity index (χ2n) is 4.42. The van der Waals surface area contributed by atoms with Crippen molar-refractivity contribution in [3.8, 4) is 0 Å². The van der Waals surface area contributed by atoms with E-state index in [-0.39, 0.29) is 12.1 Å². The molecule has 0 aliphatic rings. The van der Waals surface area contributed by atoms with Gasteiger partial charge in [-0.05, 0) is 25.5 Å². The van der Waals surface area contributed by atoms with E-state index in [1.807, 2.05) is 29.8 Å². The van der Waals surface area contributed by atoms with Crippen molar-refractivity contribution < 1.29 is 4.79 Å². The summed E-state index contributed by atoms with van der Waals surface area (Å²) in [6, 6.07) is 3.56. The summed E-state index contributed by atoms with van der Waals surface area (Å²) in [4.78, 5) is 16.7. The molecule has 0 radical (unpaired) electrons. The van der Waals surface area contributed by atoms with Gasteiger partial charge >= 0.3 is 6.03 Å². The summed E-state index contributed by atoms with van der Waals surface area (Å²) in [7, 11) is 0. The minimum atomic E-state index is -0.160. The summed E-state index contributed by atoms with van der Waals surface area (Å²) < 4.78 is 2.71. The van der Waals surface area contributed by atoms with Crippen molar-refractivity contribution in [3.05, 3.63) is 40.1 Å². The van der Waals surface area contributed by atoms with Gasteiger partial charge in [0.2, 0.25) is 0 Å². The molecule has 1 atom stereocenters. The molecular formula is C13H17ClN4OS. The average molecular weight is 313 g/mol. The Labute approximate surface area is 127 Å². The highest BCUT2D eigenvalue weighted by atomic mass is 35.5. The first-order valence-electron chi connectivity index (χ1n) is 6.40. The molecule has 2 N–H and O–H groups in total. The number of carbonyl (C=O) groups is 1. The monoisotopic (exact) mass is 312 g/mol. The lowest BCUT2D eigenvalue weighted by atomic mass is 10.3. The molecule has 0 aliphatic carbocycles. The number of aromatic nitrogens is 2. The summed E-state index contributed by atoms with van der Waals surface area (Å²) in [6.45, 7) is 3.41. The summed E-state index contributed by atoms with van der Waals surface area (Å²) in [6.07, 6.45) is 6.28.